The van der Waals surface area contributed by atoms with E-state index >= 15 is 0 Å². The molecule has 1 fully saturated rings. The number of halogens is 1. The van der Waals surface area contributed by atoms with E-state index in [4.69, 9.17) is 4.52 Å². The minimum atomic E-state index is 0.638. The first-order valence-corrected chi connectivity index (χ1v) is 8.48. The maximum atomic E-state index is 5.33. The van der Waals surface area contributed by atoms with E-state index in [-0.39, 0.29) is 0 Å². The zero-order valence-corrected chi connectivity index (χ0v) is 13.4. The molecule has 0 bridgehead atoms. The first-order chi connectivity index (χ1) is 9.81. The molecule has 1 atom stereocenters. The number of hydrogen-bond donors (Lipinski definition) is 1. The van der Waals surface area contributed by atoms with Crippen molar-refractivity contribution in [2.24, 2.45) is 5.92 Å². The van der Waals surface area contributed by atoms with Gasteiger partial charge >= 0.3 is 0 Å². The lowest BCUT2D eigenvalue weighted by Crippen LogP contribution is -2.10. The molecule has 0 saturated carbocycles. The first-order valence-electron chi connectivity index (χ1n) is 6.71. The van der Waals surface area contributed by atoms with Crippen LogP contribution in [0.1, 0.15) is 18.1 Å². The zero-order chi connectivity index (χ0) is 13.8. The van der Waals surface area contributed by atoms with E-state index in [1.165, 1.54) is 11.3 Å². The van der Waals surface area contributed by atoms with Gasteiger partial charge in [0.2, 0.25) is 5.89 Å². The average molecular weight is 354 g/mol. The second-order valence-electron chi connectivity index (χ2n) is 4.89. The predicted octanol–water partition coefficient (Wildman–Crippen LogP) is 3.28. The Morgan fingerprint density at radius 1 is 1.40 bits per heavy atom. The number of nitrogens with one attached hydrogen (secondary N) is 1. The highest BCUT2D eigenvalue weighted by Gasteiger charge is 2.18. The standard InChI is InChI=1S/C14H16BrN3OS/c15-11-3-1-2-4-12(11)20-9-13-17-14(19-18-13)7-10-5-6-16-8-10/h1-4,10,16H,5-9H2. The summed E-state index contributed by atoms with van der Waals surface area (Å²) in [7, 11) is 0. The van der Waals surface area contributed by atoms with Crippen molar-refractivity contribution in [1.82, 2.24) is 15.5 Å². The van der Waals surface area contributed by atoms with Crippen molar-refractivity contribution in [3.63, 3.8) is 0 Å². The minimum absolute atomic E-state index is 0.638. The molecule has 0 radical (unpaired) electrons. The van der Waals surface area contributed by atoms with Gasteiger partial charge in [-0.3, -0.25) is 0 Å². The van der Waals surface area contributed by atoms with Crippen LogP contribution in [0.4, 0.5) is 0 Å². The van der Waals surface area contributed by atoms with Crippen molar-refractivity contribution >= 4 is 27.7 Å². The van der Waals surface area contributed by atoms with E-state index in [9.17, 15) is 0 Å². The van der Waals surface area contributed by atoms with E-state index in [2.05, 4.69) is 37.5 Å². The van der Waals surface area contributed by atoms with Crippen LogP contribution in [0.25, 0.3) is 0 Å². The van der Waals surface area contributed by atoms with Crippen molar-refractivity contribution < 1.29 is 4.52 Å². The maximum Gasteiger partial charge on any atom is 0.226 e. The number of benzene rings is 1. The van der Waals surface area contributed by atoms with Crippen molar-refractivity contribution in [2.45, 2.75) is 23.5 Å². The summed E-state index contributed by atoms with van der Waals surface area (Å²) < 4.78 is 6.43. The first kappa shape index (κ1) is 14.1. The van der Waals surface area contributed by atoms with Crippen molar-refractivity contribution in [3.8, 4) is 0 Å². The summed E-state index contributed by atoms with van der Waals surface area (Å²) in [6.45, 7) is 2.16. The molecule has 0 amide bonds. The molecule has 1 saturated heterocycles. The van der Waals surface area contributed by atoms with Crippen LogP contribution in [0.2, 0.25) is 0 Å². The Morgan fingerprint density at radius 3 is 3.10 bits per heavy atom. The lowest BCUT2D eigenvalue weighted by Gasteiger charge is -2.02. The maximum absolute atomic E-state index is 5.33. The molecule has 1 aromatic carbocycles. The molecule has 0 aliphatic carbocycles. The molecule has 1 aromatic heterocycles. The van der Waals surface area contributed by atoms with Crippen molar-refractivity contribution in [2.75, 3.05) is 13.1 Å². The molecule has 20 heavy (non-hydrogen) atoms. The molecule has 2 aromatic rings. The fourth-order valence-corrected chi connectivity index (χ4v) is 3.68. The molecule has 106 valence electrons. The highest BCUT2D eigenvalue weighted by Crippen LogP contribution is 2.29. The molecule has 6 heteroatoms. The van der Waals surface area contributed by atoms with Crippen LogP contribution in [0.15, 0.2) is 38.2 Å². The van der Waals surface area contributed by atoms with Gasteiger partial charge in [0.1, 0.15) is 0 Å². The van der Waals surface area contributed by atoms with Gasteiger partial charge in [0, 0.05) is 15.8 Å². The van der Waals surface area contributed by atoms with Crippen LogP contribution in [0.3, 0.4) is 0 Å². The van der Waals surface area contributed by atoms with Gasteiger partial charge in [-0.15, -0.1) is 11.8 Å². The fraction of sp³-hybridized carbons (Fsp3) is 0.429. The molecule has 4 nitrogen and oxygen atoms in total. The number of nitrogens with zero attached hydrogens (tertiary/aromatic N) is 2. The van der Waals surface area contributed by atoms with Crippen LogP contribution in [-0.4, -0.2) is 23.2 Å². The molecule has 0 spiro atoms. The Bertz CT molecular complexity index is 569. The molecule has 1 aliphatic heterocycles. The second kappa shape index (κ2) is 6.74. The van der Waals surface area contributed by atoms with Gasteiger partial charge in [0.25, 0.3) is 0 Å². The van der Waals surface area contributed by atoms with Gasteiger partial charge in [0.15, 0.2) is 5.82 Å². The third kappa shape index (κ3) is 3.62. The average Bonchev–Trinajstić information content (AvgIpc) is 3.10. The van der Waals surface area contributed by atoms with Gasteiger partial charge < -0.3 is 9.84 Å². The van der Waals surface area contributed by atoms with Crippen LogP contribution >= 0.6 is 27.7 Å². The van der Waals surface area contributed by atoms with Crippen LogP contribution in [0, 0.1) is 5.92 Å². The zero-order valence-electron chi connectivity index (χ0n) is 11.0. The quantitative estimate of drug-likeness (QED) is 0.836. The monoisotopic (exact) mass is 353 g/mol. The van der Waals surface area contributed by atoms with E-state index in [0.717, 1.165) is 41.5 Å². The van der Waals surface area contributed by atoms with Crippen molar-refractivity contribution in [1.29, 1.82) is 0 Å². The van der Waals surface area contributed by atoms with Gasteiger partial charge in [-0.1, -0.05) is 17.3 Å². The predicted molar refractivity (Wildman–Crippen MR) is 82.7 cm³/mol. The molecular weight excluding hydrogens is 338 g/mol. The minimum Gasteiger partial charge on any atom is -0.339 e. The largest absolute Gasteiger partial charge is 0.339 e. The molecular formula is C14H16BrN3OS. The van der Waals surface area contributed by atoms with Gasteiger partial charge in [-0.25, -0.2) is 0 Å². The van der Waals surface area contributed by atoms with Crippen LogP contribution < -0.4 is 5.32 Å². The fourth-order valence-electron chi connectivity index (χ4n) is 2.27. The Hall–Kier alpha value is -0.850. The summed E-state index contributed by atoms with van der Waals surface area (Å²) in [5, 5.41) is 7.41. The van der Waals surface area contributed by atoms with Crippen molar-refractivity contribution in [3.05, 3.63) is 40.5 Å². The van der Waals surface area contributed by atoms with Crippen LogP contribution in [0.5, 0.6) is 0 Å². The Kier molecular flexibility index (Phi) is 4.75. The molecule has 1 aliphatic rings. The topological polar surface area (TPSA) is 51.0 Å². The second-order valence-corrected chi connectivity index (χ2v) is 6.76. The normalized spacial score (nSPS) is 18.6. The summed E-state index contributed by atoms with van der Waals surface area (Å²) >= 11 is 5.25. The van der Waals surface area contributed by atoms with E-state index in [1.54, 1.807) is 11.8 Å². The summed E-state index contributed by atoms with van der Waals surface area (Å²) in [6, 6.07) is 8.16. The Balaban J connectivity index is 1.56. The Morgan fingerprint density at radius 2 is 2.30 bits per heavy atom. The van der Waals surface area contributed by atoms with Gasteiger partial charge in [0.05, 0.1) is 5.75 Å². The lowest BCUT2D eigenvalue weighted by atomic mass is 10.1. The van der Waals surface area contributed by atoms with E-state index in [1.807, 2.05) is 18.2 Å². The Labute approximate surface area is 130 Å². The van der Waals surface area contributed by atoms with E-state index < -0.39 is 0 Å². The molecule has 3 rings (SSSR count). The molecule has 1 unspecified atom stereocenters. The summed E-state index contributed by atoms with van der Waals surface area (Å²) in [5.41, 5.74) is 0. The molecule has 2 heterocycles. The summed E-state index contributed by atoms with van der Waals surface area (Å²) in [5.74, 6) is 2.90. The van der Waals surface area contributed by atoms with Gasteiger partial charge in [-0.2, -0.15) is 4.98 Å². The van der Waals surface area contributed by atoms with Crippen LogP contribution in [-0.2, 0) is 12.2 Å². The number of rotatable bonds is 5. The summed E-state index contributed by atoms with van der Waals surface area (Å²) in [6.07, 6.45) is 2.09. The SMILES string of the molecule is Brc1ccccc1SCc1noc(CC2CCNC2)n1. The smallest absolute Gasteiger partial charge is 0.226 e. The van der Waals surface area contributed by atoms with Gasteiger partial charge in [-0.05, 0) is 53.5 Å². The third-order valence-corrected chi connectivity index (χ3v) is 5.35. The number of hydrogen-bond acceptors (Lipinski definition) is 5. The highest BCUT2D eigenvalue weighted by molar-refractivity contribution is 9.10. The number of aromatic nitrogens is 2. The molecule has 1 N–H and O–H groups in total. The lowest BCUT2D eigenvalue weighted by molar-refractivity contribution is 0.354. The highest BCUT2D eigenvalue weighted by atomic mass is 79.9. The third-order valence-electron chi connectivity index (χ3n) is 3.33. The summed E-state index contributed by atoms with van der Waals surface area (Å²) in [4.78, 5) is 5.67. The number of thioether (sulfide) groups is 1. The van der Waals surface area contributed by atoms with E-state index in [0.29, 0.717) is 5.92 Å².